The molecule has 0 radical (unpaired) electrons. The van der Waals surface area contributed by atoms with Crippen LogP contribution >= 0.6 is 0 Å². The highest BCUT2D eigenvalue weighted by Crippen LogP contribution is 2.50. The van der Waals surface area contributed by atoms with Crippen LogP contribution in [0.5, 0.6) is 0 Å². The highest BCUT2D eigenvalue weighted by Gasteiger charge is 2.71. The predicted molar refractivity (Wildman–Crippen MR) is 93.1 cm³/mol. The van der Waals surface area contributed by atoms with Crippen LogP contribution in [-0.4, -0.2) is 47.6 Å². The Morgan fingerprint density at radius 3 is 1.96 bits per heavy atom. The van der Waals surface area contributed by atoms with Crippen LogP contribution in [0, 0.1) is 0 Å². The molecule has 4 nitrogen and oxygen atoms in total. The third-order valence-corrected chi connectivity index (χ3v) is 4.86. The second-order valence-corrected chi connectivity index (χ2v) is 6.81. The van der Waals surface area contributed by atoms with Gasteiger partial charge < -0.3 is 5.11 Å². The second-order valence-electron chi connectivity index (χ2n) is 6.81. The van der Waals surface area contributed by atoms with Gasteiger partial charge in [-0.05, 0) is 31.4 Å². The number of rotatable bonds is 5. The Morgan fingerprint density at radius 1 is 1.04 bits per heavy atom. The van der Waals surface area contributed by atoms with Crippen molar-refractivity contribution in [3.05, 3.63) is 29.8 Å². The first-order valence-electron chi connectivity index (χ1n) is 9.04. The summed E-state index contributed by atoms with van der Waals surface area (Å²) < 4.78 is 80.1. The molecule has 28 heavy (non-hydrogen) atoms. The summed E-state index contributed by atoms with van der Waals surface area (Å²) in [6.07, 6.45) is -8.31. The summed E-state index contributed by atoms with van der Waals surface area (Å²) in [7, 11) is 0. The molecule has 1 aromatic carbocycles. The van der Waals surface area contributed by atoms with Crippen molar-refractivity contribution in [2.75, 3.05) is 24.5 Å². The largest absolute Gasteiger partial charge is 0.430 e. The van der Waals surface area contributed by atoms with E-state index in [0.29, 0.717) is 30.3 Å². The van der Waals surface area contributed by atoms with Crippen molar-refractivity contribution in [1.82, 2.24) is 0 Å². The number of anilines is 1. The first kappa shape index (κ1) is 22.3. The normalized spacial score (nSPS) is 15.8. The van der Waals surface area contributed by atoms with E-state index < -0.39 is 23.5 Å². The minimum atomic E-state index is -5.91. The van der Waals surface area contributed by atoms with Crippen molar-refractivity contribution in [3.8, 4) is 0 Å². The van der Waals surface area contributed by atoms with Gasteiger partial charge in [-0.25, -0.2) is 4.90 Å². The molecule has 1 heterocycles. The van der Waals surface area contributed by atoms with Gasteiger partial charge in [-0.3, -0.25) is 10.3 Å². The van der Waals surface area contributed by atoms with Crippen molar-refractivity contribution in [1.29, 1.82) is 0 Å². The zero-order chi connectivity index (χ0) is 21.2. The lowest BCUT2D eigenvalue weighted by Crippen LogP contribution is -2.53. The molecule has 0 spiro atoms. The molecule has 0 bridgehead atoms. The van der Waals surface area contributed by atoms with E-state index in [9.17, 15) is 31.4 Å². The molecular weight excluding hydrogens is 388 g/mol. The van der Waals surface area contributed by atoms with Gasteiger partial charge in [-0.1, -0.05) is 25.5 Å². The third kappa shape index (κ3) is 4.21. The first-order valence-corrected chi connectivity index (χ1v) is 9.04. The lowest BCUT2D eigenvalue weighted by molar-refractivity contribution is -0.508. The van der Waals surface area contributed by atoms with Crippen LogP contribution in [0.25, 0.3) is 0 Å². The van der Waals surface area contributed by atoms with Crippen LogP contribution < -0.4 is 10.6 Å². The van der Waals surface area contributed by atoms with Gasteiger partial charge in [0, 0.05) is 5.56 Å². The summed E-state index contributed by atoms with van der Waals surface area (Å²) >= 11 is 0. The van der Waals surface area contributed by atoms with Crippen molar-refractivity contribution >= 4 is 11.6 Å². The zero-order valence-corrected chi connectivity index (χ0v) is 15.4. The van der Waals surface area contributed by atoms with Gasteiger partial charge in [0.25, 0.3) is 5.60 Å². The number of nitrogens with two attached hydrogens (primary N) is 1. The zero-order valence-electron chi connectivity index (χ0n) is 15.4. The van der Waals surface area contributed by atoms with E-state index >= 15 is 0 Å². The number of alkyl halides is 6. The molecule has 2 rings (SSSR count). The molecular formula is C18H24F6N3O+. The number of hydrogen-bond donors (Lipinski definition) is 2. The van der Waals surface area contributed by atoms with E-state index in [0.717, 1.165) is 50.9 Å². The van der Waals surface area contributed by atoms with Crippen molar-refractivity contribution in [2.45, 2.75) is 50.6 Å². The van der Waals surface area contributed by atoms with Gasteiger partial charge in [-0.15, -0.1) is 0 Å². The number of hydrogen-bond acceptors (Lipinski definition) is 1. The van der Waals surface area contributed by atoms with Crippen LogP contribution in [0.3, 0.4) is 0 Å². The number of unbranched alkanes of at least 4 members (excludes halogenated alkanes) is 1. The van der Waals surface area contributed by atoms with Gasteiger partial charge in [0.15, 0.2) is 0 Å². The van der Waals surface area contributed by atoms with Gasteiger partial charge in [0.1, 0.15) is 5.69 Å². The fourth-order valence-corrected chi connectivity index (χ4v) is 3.18. The van der Waals surface area contributed by atoms with E-state index in [2.05, 4.69) is 0 Å². The number of guanidine groups is 1. The second kappa shape index (κ2) is 8.18. The highest BCUT2D eigenvalue weighted by atomic mass is 19.4. The van der Waals surface area contributed by atoms with E-state index in [-0.39, 0.29) is 0 Å². The molecule has 0 amide bonds. The van der Waals surface area contributed by atoms with Crippen molar-refractivity contribution in [3.63, 3.8) is 0 Å². The molecule has 0 saturated carbocycles. The quantitative estimate of drug-likeness (QED) is 0.440. The topological polar surface area (TPSA) is 52.5 Å². The summed E-state index contributed by atoms with van der Waals surface area (Å²) in [5.74, 6) is 0.417. The molecule has 0 atom stereocenters. The lowest BCUT2D eigenvalue weighted by Gasteiger charge is -2.32. The maximum absolute atomic E-state index is 13.0. The van der Waals surface area contributed by atoms with Crippen LogP contribution in [0.1, 0.15) is 38.2 Å². The predicted octanol–water partition coefficient (Wildman–Crippen LogP) is 3.73. The van der Waals surface area contributed by atoms with Crippen LogP contribution in [-0.2, 0) is 5.60 Å². The van der Waals surface area contributed by atoms with E-state index in [1.807, 2.05) is 11.5 Å². The van der Waals surface area contributed by atoms with E-state index in [1.165, 1.54) is 0 Å². The Bertz CT molecular complexity index is 675. The maximum atomic E-state index is 13.0. The van der Waals surface area contributed by atoms with Gasteiger partial charge >= 0.3 is 18.3 Å². The Labute approximate surface area is 159 Å². The van der Waals surface area contributed by atoms with Crippen LogP contribution in [0.4, 0.5) is 32.0 Å². The molecule has 1 fully saturated rings. The van der Waals surface area contributed by atoms with Crippen molar-refractivity contribution < 1.29 is 36.0 Å². The summed E-state index contributed by atoms with van der Waals surface area (Å²) in [5.41, 5.74) is 0.367. The number of halogens is 6. The van der Waals surface area contributed by atoms with Crippen LogP contribution in [0.2, 0.25) is 0 Å². The molecule has 0 aliphatic carbocycles. The van der Waals surface area contributed by atoms with Crippen LogP contribution in [0.15, 0.2) is 24.3 Å². The minimum Gasteiger partial charge on any atom is -0.369 e. The first-order chi connectivity index (χ1) is 12.9. The molecule has 1 aromatic rings. The van der Waals surface area contributed by atoms with Gasteiger partial charge in [-0.2, -0.15) is 26.3 Å². The molecule has 10 heteroatoms. The summed E-state index contributed by atoms with van der Waals surface area (Å²) in [5, 5.41) is 9.51. The molecule has 0 aromatic heterocycles. The lowest BCUT2D eigenvalue weighted by atomic mass is 9.92. The standard InChI is InChI=1S/C18H23F6N3O/c1-2-3-12-27(15(25)26-10-4-5-11-26)14-8-6-13(7-9-14)16(28,17(19,20)21)18(22,23)24/h6-9,25,28H,2-5,10-12H2,1H3/p+1. The monoisotopic (exact) mass is 412 g/mol. The Kier molecular flexibility index (Phi) is 6.52. The fourth-order valence-electron chi connectivity index (χ4n) is 3.18. The molecule has 1 aliphatic rings. The molecule has 1 saturated heterocycles. The SMILES string of the molecule is CCCCN(C(N)=[N+]1CCCC1)c1ccc(C(O)(C(F)(F)F)C(F)(F)F)cc1. The van der Waals surface area contributed by atoms with E-state index in [4.69, 9.17) is 5.73 Å². The third-order valence-electron chi connectivity index (χ3n) is 4.86. The molecule has 158 valence electrons. The molecule has 1 aliphatic heterocycles. The smallest absolute Gasteiger partial charge is 0.369 e. The minimum absolute atomic E-state index is 0.369. The van der Waals surface area contributed by atoms with Gasteiger partial charge in [0.05, 0.1) is 19.6 Å². The summed E-state index contributed by atoms with van der Waals surface area (Å²) in [6, 6.07) is 3.53. The maximum Gasteiger partial charge on any atom is 0.430 e. The van der Waals surface area contributed by atoms with Crippen molar-refractivity contribution in [2.24, 2.45) is 5.73 Å². The molecule has 0 unspecified atom stereocenters. The van der Waals surface area contributed by atoms with E-state index in [1.54, 1.807) is 4.90 Å². The molecule has 3 N–H and O–H groups in total. The average Bonchev–Trinajstić information content (AvgIpc) is 3.14. The highest BCUT2D eigenvalue weighted by molar-refractivity contribution is 5.91. The Morgan fingerprint density at radius 2 is 1.54 bits per heavy atom. The summed E-state index contributed by atoms with van der Waals surface area (Å²) in [6.45, 7) is 3.92. The van der Waals surface area contributed by atoms with Gasteiger partial charge in [0.2, 0.25) is 0 Å². The number of nitrogens with zero attached hydrogens (tertiary/aromatic N) is 2. The average molecular weight is 412 g/mol. The Hall–Kier alpha value is -1.97. The fraction of sp³-hybridized carbons (Fsp3) is 0.611. The number of aliphatic hydroxyl groups is 1. The Balaban J connectivity index is 2.43. The summed E-state index contributed by atoms with van der Waals surface area (Å²) in [4.78, 5) is 1.68. The number of benzene rings is 1.